The molecule has 10 rings (SSSR count). The van der Waals surface area contributed by atoms with Crippen molar-refractivity contribution in [2.45, 2.75) is 0 Å². The first-order chi connectivity index (χ1) is 26.2. The van der Waals surface area contributed by atoms with Crippen LogP contribution in [0.4, 0.5) is 0 Å². The van der Waals surface area contributed by atoms with Crippen molar-refractivity contribution in [1.29, 1.82) is 0 Å². The molecule has 0 aliphatic rings. The van der Waals surface area contributed by atoms with E-state index in [2.05, 4.69) is 152 Å². The van der Waals surface area contributed by atoms with Gasteiger partial charge in [0.2, 0.25) is 0 Å². The van der Waals surface area contributed by atoms with E-state index in [1.165, 1.54) is 53.2 Å². The number of hydrogen-bond donors (Lipinski definition) is 0. The van der Waals surface area contributed by atoms with Crippen LogP contribution in [0.3, 0.4) is 0 Å². The van der Waals surface area contributed by atoms with Crippen molar-refractivity contribution in [2.75, 3.05) is 0 Å². The molecule has 0 aliphatic carbocycles. The lowest BCUT2D eigenvalue weighted by Crippen LogP contribution is -2.00. The average Bonchev–Trinajstić information content (AvgIpc) is 3.61. The summed E-state index contributed by atoms with van der Waals surface area (Å²) in [6.07, 6.45) is 0. The van der Waals surface area contributed by atoms with Crippen LogP contribution in [0.25, 0.3) is 98.5 Å². The molecule has 0 saturated heterocycles. The fraction of sp³-hybridized carbons (Fsp3) is 0. The Kier molecular flexibility index (Phi) is 7.67. The van der Waals surface area contributed by atoms with E-state index in [-0.39, 0.29) is 0 Å². The van der Waals surface area contributed by atoms with Gasteiger partial charge >= 0.3 is 0 Å². The lowest BCUT2D eigenvalue weighted by Gasteiger charge is -2.10. The molecule has 3 nitrogen and oxygen atoms in total. The van der Waals surface area contributed by atoms with Gasteiger partial charge in [-0.3, -0.25) is 0 Å². The first kappa shape index (κ1) is 31.0. The number of benzene rings is 8. The fourth-order valence-corrected chi connectivity index (χ4v) is 8.32. The molecule has 0 radical (unpaired) electrons. The molecule has 0 saturated carbocycles. The molecular weight excluding hydrogens is 663 g/mol. The normalized spacial score (nSPS) is 11.4. The maximum absolute atomic E-state index is 5.07. The van der Waals surface area contributed by atoms with E-state index in [9.17, 15) is 0 Å². The Morgan fingerprint density at radius 1 is 0.264 bits per heavy atom. The molecule has 0 amide bonds. The highest BCUT2D eigenvalue weighted by molar-refractivity contribution is 7.25. The second-order valence-electron chi connectivity index (χ2n) is 13.3. The smallest absolute Gasteiger partial charge is 0.164 e. The van der Waals surface area contributed by atoms with E-state index in [4.69, 9.17) is 15.0 Å². The molecule has 2 heterocycles. The molecule has 53 heavy (non-hydrogen) atoms. The van der Waals surface area contributed by atoms with E-state index in [0.29, 0.717) is 17.5 Å². The Labute approximate surface area is 311 Å². The lowest BCUT2D eigenvalue weighted by atomic mass is 9.98. The molecule has 8 aromatic carbocycles. The van der Waals surface area contributed by atoms with Crippen molar-refractivity contribution in [3.63, 3.8) is 0 Å². The maximum atomic E-state index is 5.07. The van der Waals surface area contributed by atoms with Crippen LogP contribution < -0.4 is 0 Å². The van der Waals surface area contributed by atoms with Crippen molar-refractivity contribution >= 4 is 42.3 Å². The number of hydrogen-bond acceptors (Lipinski definition) is 4. The number of thiophene rings is 1. The molecular formula is C49H31N3S. The highest BCUT2D eigenvalue weighted by Gasteiger charge is 2.15. The second kappa shape index (κ2) is 13.1. The van der Waals surface area contributed by atoms with Crippen LogP contribution in [0.2, 0.25) is 0 Å². The zero-order valence-corrected chi connectivity index (χ0v) is 29.5. The molecule has 2 aromatic heterocycles. The molecule has 4 heteroatoms. The van der Waals surface area contributed by atoms with Crippen LogP contribution in [0.1, 0.15) is 0 Å². The summed E-state index contributed by atoms with van der Waals surface area (Å²) < 4.78 is 2.46. The third-order valence-corrected chi connectivity index (χ3v) is 11.0. The monoisotopic (exact) mass is 693 g/mol. The molecule has 0 fully saturated rings. The average molecular weight is 694 g/mol. The van der Waals surface area contributed by atoms with Gasteiger partial charge in [0.05, 0.1) is 0 Å². The van der Waals surface area contributed by atoms with Crippen LogP contribution in [0, 0.1) is 0 Å². The molecule has 0 aliphatic heterocycles. The van der Waals surface area contributed by atoms with Gasteiger partial charge < -0.3 is 0 Å². The topological polar surface area (TPSA) is 38.7 Å². The summed E-state index contributed by atoms with van der Waals surface area (Å²) in [5.74, 6) is 1.97. The minimum atomic E-state index is 0.652. The Balaban J connectivity index is 1.01. The fourth-order valence-electron chi connectivity index (χ4n) is 7.14. The SMILES string of the molecule is c1ccc(-c2cccc(-c3nc(-c4ccccc4)nc(-c4ccc5c(c4)sc4cc(-c6ccc(-c7ccc8ccccc8c7)cc6)ccc45)n3)c2)cc1. The van der Waals surface area contributed by atoms with Gasteiger partial charge in [0.25, 0.3) is 0 Å². The van der Waals surface area contributed by atoms with Crippen LogP contribution in [-0.4, -0.2) is 15.0 Å². The molecule has 10 aromatic rings. The molecule has 0 N–H and O–H groups in total. The van der Waals surface area contributed by atoms with Gasteiger partial charge in [0.1, 0.15) is 0 Å². The van der Waals surface area contributed by atoms with Gasteiger partial charge in [-0.2, -0.15) is 0 Å². The van der Waals surface area contributed by atoms with Crippen molar-refractivity contribution in [1.82, 2.24) is 15.0 Å². The molecule has 0 unspecified atom stereocenters. The molecule has 0 bridgehead atoms. The van der Waals surface area contributed by atoms with Gasteiger partial charge in [0, 0.05) is 36.9 Å². The van der Waals surface area contributed by atoms with E-state index in [1.54, 1.807) is 0 Å². The third-order valence-electron chi connectivity index (χ3n) is 9.93. The number of rotatable bonds is 6. The summed E-state index contributed by atoms with van der Waals surface area (Å²) in [7, 11) is 0. The van der Waals surface area contributed by atoms with Gasteiger partial charge in [-0.25, -0.2) is 15.0 Å². The van der Waals surface area contributed by atoms with Gasteiger partial charge in [0.15, 0.2) is 17.5 Å². The highest BCUT2D eigenvalue weighted by Crippen LogP contribution is 2.39. The van der Waals surface area contributed by atoms with Gasteiger partial charge in [-0.05, 0) is 68.4 Å². The Morgan fingerprint density at radius 2 is 0.679 bits per heavy atom. The predicted molar refractivity (Wildman–Crippen MR) is 223 cm³/mol. The molecule has 0 spiro atoms. The van der Waals surface area contributed by atoms with Crippen LogP contribution in [0.5, 0.6) is 0 Å². The van der Waals surface area contributed by atoms with Crippen LogP contribution in [0.15, 0.2) is 188 Å². The van der Waals surface area contributed by atoms with E-state index in [0.717, 1.165) is 27.8 Å². The molecule has 0 atom stereocenters. The summed E-state index contributed by atoms with van der Waals surface area (Å²) in [4.78, 5) is 15.1. The van der Waals surface area contributed by atoms with E-state index >= 15 is 0 Å². The predicted octanol–water partition coefficient (Wildman–Crippen LogP) is 13.4. The first-order valence-electron chi connectivity index (χ1n) is 17.8. The number of fused-ring (bicyclic) bond motifs is 4. The quantitative estimate of drug-likeness (QED) is 0.174. The maximum Gasteiger partial charge on any atom is 0.164 e. The number of aromatic nitrogens is 3. The van der Waals surface area contributed by atoms with E-state index in [1.807, 2.05) is 47.7 Å². The standard InChI is InChI=1S/C49H31N3S/c1-3-10-32(11-4-1)38-16-9-17-41(29-38)48-50-47(36-13-5-2-6-14-36)51-49(52-48)42-25-27-44-43-26-24-40(30-45(43)53-46(44)31-42)35-20-18-34(19-21-35)39-23-22-33-12-7-8-15-37(33)28-39/h1-31H. The molecule has 248 valence electrons. The summed E-state index contributed by atoms with van der Waals surface area (Å²) in [6, 6.07) is 66.5. The van der Waals surface area contributed by atoms with Crippen molar-refractivity contribution in [3.8, 4) is 67.5 Å². The zero-order chi connectivity index (χ0) is 35.1. The third kappa shape index (κ3) is 5.95. The van der Waals surface area contributed by atoms with Crippen molar-refractivity contribution < 1.29 is 0 Å². The van der Waals surface area contributed by atoms with Crippen molar-refractivity contribution in [3.05, 3.63) is 188 Å². The summed E-state index contributed by atoms with van der Waals surface area (Å²) >= 11 is 1.81. The zero-order valence-electron chi connectivity index (χ0n) is 28.6. The first-order valence-corrected chi connectivity index (χ1v) is 18.6. The van der Waals surface area contributed by atoms with Gasteiger partial charge in [-0.1, -0.05) is 164 Å². The lowest BCUT2D eigenvalue weighted by molar-refractivity contribution is 1.07. The van der Waals surface area contributed by atoms with E-state index < -0.39 is 0 Å². The van der Waals surface area contributed by atoms with Crippen molar-refractivity contribution in [2.24, 2.45) is 0 Å². The summed E-state index contributed by atoms with van der Waals surface area (Å²) in [5, 5.41) is 5.01. The van der Waals surface area contributed by atoms with Gasteiger partial charge in [-0.15, -0.1) is 11.3 Å². The Hall–Kier alpha value is -6.75. The highest BCUT2D eigenvalue weighted by atomic mass is 32.1. The Bertz CT molecular complexity index is 2930. The van der Waals surface area contributed by atoms with Crippen LogP contribution in [-0.2, 0) is 0 Å². The largest absolute Gasteiger partial charge is 0.208 e. The Morgan fingerprint density at radius 3 is 1.36 bits per heavy atom. The second-order valence-corrected chi connectivity index (χ2v) is 14.4. The number of nitrogens with zero attached hydrogens (tertiary/aromatic N) is 3. The summed E-state index contributed by atoms with van der Waals surface area (Å²) in [6.45, 7) is 0. The summed E-state index contributed by atoms with van der Waals surface area (Å²) in [5.41, 5.74) is 10.0. The minimum Gasteiger partial charge on any atom is -0.208 e. The van der Waals surface area contributed by atoms with Crippen LogP contribution >= 0.6 is 11.3 Å². The minimum absolute atomic E-state index is 0.652.